The molecule has 3 rings (SSSR count). The van der Waals surface area contributed by atoms with E-state index in [4.69, 9.17) is 4.74 Å². The van der Waals surface area contributed by atoms with E-state index in [-0.39, 0.29) is 11.8 Å². The first-order valence-corrected chi connectivity index (χ1v) is 10.6. The third kappa shape index (κ3) is 4.08. The minimum Gasteiger partial charge on any atom is -0.496 e. The van der Waals surface area contributed by atoms with Crippen LogP contribution in [-0.4, -0.2) is 48.4 Å². The Kier molecular flexibility index (Phi) is 6.76. The molecule has 0 aromatic heterocycles. The predicted molar refractivity (Wildman–Crippen MR) is 111 cm³/mol. The highest BCUT2D eigenvalue weighted by Crippen LogP contribution is 2.37. The molecule has 0 bridgehead atoms. The van der Waals surface area contributed by atoms with Gasteiger partial charge in [0.2, 0.25) is 0 Å². The highest BCUT2D eigenvalue weighted by Gasteiger charge is 2.42. The van der Waals surface area contributed by atoms with Crippen LogP contribution in [-0.2, 0) is 9.59 Å². The number of hydrogen-bond donors (Lipinski definition) is 0. The topological polar surface area (TPSA) is 49.9 Å². The summed E-state index contributed by atoms with van der Waals surface area (Å²) in [4.78, 5) is 30.2. The second kappa shape index (κ2) is 9.26. The van der Waals surface area contributed by atoms with Gasteiger partial charge in [-0.05, 0) is 31.2 Å². The number of methoxy groups -OCH3 is 1. The van der Waals surface area contributed by atoms with E-state index in [9.17, 15) is 9.59 Å². The van der Waals surface area contributed by atoms with Crippen molar-refractivity contribution in [3.63, 3.8) is 0 Å². The Morgan fingerprint density at radius 3 is 2.43 bits per heavy atom. The number of para-hydroxylation sites is 1. The van der Waals surface area contributed by atoms with Crippen LogP contribution in [0.25, 0.3) is 5.57 Å². The molecule has 0 radical (unpaired) electrons. The average molecular weight is 385 g/mol. The molecule has 0 unspecified atom stereocenters. The Bertz CT molecular complexity index is 748. The van der Waals surface area contributed by atoms with Gasteiger partial charge >= 0.3 is 0 Å². The normalized spacial score (nSPS) is 18.4. The van der Waals surface area contributed by atoms with Crippen LogP contribution < -0.4 is 4.74 Å². The zero-order chi connectivity index (χ0) is 20.1. The zero-order valence-electron chi connectivity index (χ0n) is 17.4. The maximum absolute atomic E-state index is 13.3. The smallest absolute Gasteiger partial charge is 0.277 e. The SMILES string of the molecule is CCCCCCN1C(=O)C(c2ccccc2OC)=C(N2CCC(C)CC2)C1=O. The largest absolute Gasteiger partial charge is 0.496 e. The number of imide groups is 1. The minimum atomic E-state index is -0.181. The molecule has 0 aliphatic carbocycles. The quantitative estimate of drug-likeness (QED) is 0.500. The fraction of sp³-hybridized carbons (Fsp3) is 0.565. The summed E-state index contributed by atoms with van der Waals surface area (Å²) >= 11 is 0. The Morgan fingerprint density at radius 2 is 1.75 bits per heavy atom. The lowest BCUT2D eigenvalue weighted by atomic mass is 9.97. The first kappa shape index (κ1) is 20.4. The van der Waals surface area contributed by atoms with Crippen molar-refractivity contribution in [1.29, 1.82) is 0 Å². The van der Waals surface area contributed by atoms with Crippen LogP contribution >= 0.6 is 0 Å². The summed E-state index contributed by atoms with van der Waals surface area (Å²) < 4.78 is 5.51. The second-order valence-corrected chi connectivity index (χ2v) is 7.92. The summed E-state index contributed by atoms with van der Waals surface area (Å²) in [5, 5.41) is 0. The molecule has 5 nitrogen and oxygen atoms in total. The van der Waals surface area contributed by atoms with Crippen LogP contribution in [0.4, 0.5) is 0 Å². The van der Waals surface area contributed by atoms with Crippen molar-refractivity contribution in [1.82, 2.24) is 9.80 Å². The Labute approximate surface area is 168 Å². The Morgan fingerprint density at radius 1 is 1.04 bits per heavy atom. The third-order valence-corrected chi connectivity index (χ3v) is 5.85. The van der Waals surface area contributed by atoms with Crippen LogP contribution in [0.2, 0.25) is 0 Å². The number of ether oxygens (including phenoxy) is 1. The fourth-order valence-electron chi connectivity index (χ4n) is 4.08. The molecular weight excluding hydrogens is 352 g/mol. The molecular formula is C23H32N2O3. The van der Waals surface area contributed by atoms with Crippen LogP contribution in [0.5, 0.6) is 5.75 Å². The maximum Gasteiger partial charge on any atom is 0.277 e. The lowest BCUT2D eigenvalue weighted by Gasteiger charge is -2.32. The molecule has 1 aromatic rings. The van der Waals surface area contributed by atoms with Crippen molar-refractivity contribution >= 4 is 17.4 Å². The summed E-state index contributed by atoms with van der Waals surface area (Å²) in [6.45, 7) is 6.53. The van der Waals surface area contributed by atoms with Crippen molar-refractivity contribution in [2.75, 3.05) is 26.7 Å². The van der Waals surface area contributed by atoms with E-state index in [1.165, 1.54) is 4.90 Å². The number of amides is 2. The number of carbonyl (C=O) groups is 2. The molecule has 2 aliphatic heterocycles. The lowest BCUT2D eigenvalue weighted by Crippen LogP contribution is -2.38. The van der Waals surface area contributed by atoms with Crippen molar-refractivity contribution in [3.8, 4) is 5.75 Å². The minimum absolute atomic E-state index is 0.142. The number of carbonyl (C=O) groups excluding carboxylic acids is 2. The van der Waals surface area contributed by atoms with E-state index in [0.29, 0.717) is 35.0 Å². The lowest BCUT2D eigenvalue weighted by molar-refractivity contribution is -0.137. The third-order valence-electron chi connectivity index (χ3n) is 5.85. The van der Waals surface area contributed by atoms with Crippen molar-refractivity contribution in [3.05, 3.63) is 35.5 Å². The van der Waals surface area contributed by atoms with Gasteiger partial charge in [0, 0.05) is 25.2 Å². The van der Waals surface area contributed by atoms with Gasteiger partial charge in [0.1, 0.15) is 11.4 Å². The maximum atomic E-state index is 13.3. The van der Waals surface area contributed by atoms with Crippen LogP contribution in [0.3, 0.4) is 0 Å². The van der Waals surface area contributed by atoms with Gasteiger partial charge in [0.05, 0.1) is 12.7 Å². The van der Waals surface area contributed by atoms with Gasteiger partial charge in [-0.3, -0.25) is 14.5 Å². The number of hydrogen-bond acceptors (Lipinski definition) is 4. The molecule has 5 heteroatoms. The standard InChI is InChI=1S/C23H32N2O3/c1-4-5-6-9-14-25-22(26)20(18-10-7-8-11-19(18)28-3)21(23(25)27)24-15-12-17(2)13-16-24/h7-8,10-11,17H,4-6,9,12-16H2,1-3H3. The molecule has 0 spiro atoms. The molecule has 0 saturated carbocycles. The van der Waals surface area contributed by atoms with Crippen molar-refractivity contribution in [2.24, 2.45) is 5.92 Å². The van der Waals surface area contributed by atoms with Crippen molar-refractivity contribution < 1.29 is 14.3 Å². The molecule has 1 aromatic carbocycles. The molecule has 2 aliphatic rings. The van der Waals surface area contributed by atoms with Gasteiger partial charge in [-0.25, -0.2) is 0 Å². The first-order chi connectivity index (χ1) is 13.6. The Hall–Kier alpha value is -2.30. The van der Waals surface area contributed by atoms with Crippen LogP contribution in [0.1, 0.15) is 57.9 Å². The van der Waals surface area contributed by atoms with E-state index in [1.807, 2.05) is 24.3 Å². The molecule has 2 heterocycles. The highest BCUT2D eigenvalue weighted by molar-refractivity contribution is 6.36. The highest BCUT2D eigenvalue weighted by atomic mass is 16.5. The van der Waals surface area contributed by atoms with E-state index in [1.54, 1.807) is 7.11 Å². The Balaban J connectivity index is 1.95. The summed E-state index contributed by atoms with van der Waals surface area (Å²) in [5.41, 5.74) is 1.79. The molecule has 0 N–H and O–H groups in total. The average Bonchev–Trinajstić information content (AvgIpc) is 2.96. The number of nitrogens with zero attached hydrogens (tertiary/aromatic N) is 2. The first-order valence-electron chi connectivity index (χ1n) is 10.6. The predicted octanol–water partition coefficient (Wildman–Crippen LogP) is 4.09. The van der Waals surface area contributed by atoms with E-state index in [2.05, 4.69) is 18.7 Å². The number of unbranched alkanes of at least 4 members (excludes halogenated alkanes) is 3. The summed E-state index contributed by atoms with van der Waals surface area (Å²) in [6, 6.07) is 7.50. The number of rotatable bonds is 8. The van der Waals surface area contributed by atoms with Gasteiger partial charge in [0.15, 0.2) is 0 Å². The summed E-state index contributed by atoms with van der Waals surface area (Å²) in [7, 11) is 1.60. The number of benzene rings is 1. The molecule has 0 atom stereocenters. The number of likely N-dealkylation sites (tertiary alicyclic amines) is 1. The van der Waals surface area contributed by atoms with Gasteiger partial charge in [-0.1, -0.05) is 51.3 Å². The molecule has 1 fully saturated rings. The van der Waals surface area contributed by atoms with Gasteiger partial charge < -0.3 is 9.64 Å². The van der Waals surface area contributed by atoms with Gasteiger partial charge in [-0.15, -0.1) is 0 Å². The molecule has 1 saturated heterocycles. The zero-order valence-corrected chi connectivity index (χ0v) is 17.4. The van der Waals surface area contributed by atoms with Crippen molar-refractivity contribution in [2.45, 2.75) is 52.4 Å². The monoisotopic (exact) mass is 384 g/mol. The van der Waals surface area contributed by atoms with Gasteiger partial charge in [-0.2, -0.15) is 0 Å². The molecule has 2 amide bonds. The second-order valence-electron chi connectivity index (χ2n) is 7.92. The van der Waals surface area contributed by atoms with E-state index >= 15 is 0 Å². The van der Waals surface area contributed by atoms with Crippen LogP contribution in [0, 0.1) is 5.92 Å². The van der Waals surface area contributed by atoms with E-state index in [0.717, 1.165) is 51.6 Å². The van der Waals surface area contributed by atoms with Crippen LogP contribution in [0.15, 0.2) is 30.0 Å². The fourth-order valence-corrected chi connectivity index (χ4v) is 4.08. The van der Waals surface area contributed by atoms with E-state index < -0.39 is 0 Å². The molecule has 152 valence electrons. The molecule has 28 heavy (non-hydrogen) atoms. The summed E-state index contributed by atoms with van der Waals surface area (Å²) in [5.74, 6) is 0.967. The number of piperidine rings is 1. The summed E-state index contributed by atoms with van der Waals surface area (Å²) in [6.07, 6.45) is 6.23. The van der Waals surface area contributed by atoms with Gasteiger partial charge in [0.25, 0.3) is 11.8 Å².